The van der Waals surface area contributed by atoms with Crippen molar-refractivity contribution >= 4 is 46.1 Å². The molecule has 0 bridgehead atoms. The van der Waals surface area contributed by atoms with Crippen LogP contribution in [0.1, 0.15) is 5.56 Å². The van der Waals surface area contributed by atoms with Crippen LogP contribution in [0.5, 0.6) is 0 Å². The van der Waals surface area contributed by atoms with Gasteiger partial charge in [0, 0.05) is 11.9 Å². The summed E-state index contributed by atoms with van der Waals surface area (Å²) in [6.45, 7) is 2.00. The zero-order valence-electron chi connectivity index (χ0n) is 11.8. The minimum atomic E-state index is -0.0831. The van der Waals surface area contributed by atoms with Gasteiger partial charge in [0.25, 0.3) is 0 Å². The number of aromatic nitrogens is 3. The van der Waals surface area contributed by atoms with E-state index in [2.05, 4.69) is 20.3 Å². The van der Waals surface area contributed by atoms with Crippen molar-refractivity contribution in [2.45, 2.75) is 12.1 Å². The second-order valence-corrected chi connectivity index (χ2v) is 6.17. The average Bonchev–Trinajstić information content (AvgIpc) is 2.89. The minimum absolute atomic E-state index is 0.0831. The molecule has 3 rings (SSSR count). The summed E-state index contributed by atoms with van der Waals surface area (Å²) in [6.07, 6.45) is 1.54. The molecule has 0 aliphatic carbocycles. The van der Waals surface area contributed by atoms with Gasteiger partial charge in [0.15, 0.2) is 10.8 Å². The van der Waals surface area contributed by atoms with Gasteiger partial charge >= 0.3 is 0 Å². The molecule has 2 aromatic heterocycles. The number of thioether (sulfide) groups is 1. The fraction of sp³-hybridized carbons (Fsp3) is 0.133. The molecule has 1 aromatic carbocycles. The number of aryl methyl sites for hydroxylation is 1. The van der Waals surface area contributed by atoms with Crippen LogP contribution in [0, 0.1) is 6.92 Å². The number of H-pyrrole nitrogens is 1. The predicted molar refractivity (Wildman–Crippen MR) is 89.4 cm³/mol. The van der Waals surface area contributed by atoms with Crippen molar-refractivity contribution in [3.8, 4) is 0 Å². The van der Waals surface area contributed by atoms with Gasteiger partial charge in [-0.3, -0.25) is 4.79 Å². The van der Waals surface area contributed by atoms with Crippen LogP contribution < -0.4 is 5.32 Å². The van der Waals surface area contributed by atoms with Crippen molar-refractivity contribution in [1.29, 1.82) is 0 Å². The number of anilines is 1. The summed E-state index contributed by atoms with van der Waals surface area (Å²) in [5.41, 5.74) is 3.29. The van der Waals surface area contributed by atoms with E-state index >= 15 is 0 Å². The summed E-state index contributed by atoms with van der Waals surface area (Å²) in [5.74, 6) is 0.182. The summed E-state index contributed by atoms with van der Waals surface area (Å²) in [7, 11) is 0. The SMILES string of the molecule is Cc1ccc(NC(=O)CSc2nc3ncc(Cl)cc3[nH]2)cc1. The van der Waals surface area contributed by atoms with Crippen LogP contribution in [-0.4, -0.2) is 26.6 Å². The number of amides is 1. The van der Waals surface area contributed by atoms with E-state index in [0.29, 0.717) is 15.8 Å². The molecule has 5 nitrogen and oxygen atoms in total. The van der Waals surface area contributed by atoms with Gasteiger partial charge in [-0.1, -0.05) is 41.1 Å². The van der Waals surface area contributed by atoms with Crippen LogP contribution >= 0.6 is 23.4 Å². The number of carbonyl (C=O) groups is 1. The van der Waals surface area contributed by atoms with Gasteiger partial charge in [-0.25, -0.2) is 9.97 Å². The maximum atomic E-state index is 11.9. The van der Waals surface area contributed by atoms with Crippen molar-refractivity contribution < 1.29 is 4.79 Å². The lowest BCUT2D eigenvalue weighted by Crippen LogP contribution is -2.14. The highest BCUT2D eigenvalue weighted by molar-refractivity contribution is 7.99. The first-order valence-corrected chi connectivity index (χ1v) is 7.97. The lowest BCUT2D eigenvalue weighted by Gasteiger charge is -2.04. The van der Waals surface area contributed by atoms with Crippen molar-refractivity contribution in [2.24, 2.45) is 0 Å². The predicted octanol–water partition coefficient (Wildman–Crippen LogP) is 3.65. The number of pyridine rings is 1. The molecule has 0 radical (unpaired) electrons. The molecule has 0 spiro atoms. The van der Waals surface area contributed by atoms with Crippen LogP contribution in [0.2, 0.25) is 5.02 Å². The Kier molecular flexibility index (Phi) is 4.31. The lowest BCUT2D eigenvalue weighted by molar-refractivity contribution is -0.113. The molecule has 22 heavy (non-hydrogen) atoms. The number of aromatic amines is 1. The fourth-order valence-electron chi connectivity index (χ4n) is 1.89. The van der Waals surface area contributed by atoms with E-state index in [1.54, 1.807) is 12.3 Å². The van der Waals surface area contributed by atoms with E-state index < -0.39 is 0 Å². The zero-order valence-corrected chi connectivity index (χ0v) is 13.3. The molecule has 0 saturated heterocycles. The normalized spacial score (nSPS) is 10.8. The number of imidazole rings is 1. The number of fused-ring (bicyclic) bond motifs is 1. The van der Waals surface area contributed by atoms with Gasteiger partial charge in [0.05, 0.1) is 16.3 Å². The Bertz CT molecular complexity index is 816. The fourth-order valence-corrected chi connectivity index (χ4v) is 2.72. The topological polar surface area (TPSA) is 70.7 Å². The quantitative estimate of drug-likeness (QED) is 0.715. The highest BCUT2D eigenvalue weighted by Gasteiger charge is 2.08. The van der Waals surface area contributed by atoms with E-state index in [4.69, 9.17) is 11.6 Å². The molecule has 7 heteroatoms. The number of hydrogen-bond acceptors (Lipinski definition) is 4. The molecule has 0 saturated carbocycles. The molecule has 0 unspecified atom stereocenters. The molecule has 112 valence electrons. The molecule has 3 aromatic rings. The van der Waals surface area contributed by atoms with Gasteiger partial charge in [-0.2, -0.15) is 0 Å². The number of benzene rings is 1. The molecule has 0 fully saturated rings. The number of rotatable bonds is 4. The Hall–Kier alpha value is -2.05. The summed E-state index contributed by atoms with van der Waals surface area (Å²) >= 11 is 7.20. The summed E-state index contributed by atoms with van der Waals surface area (Å²) in [4.78, 5) is 23.4. The van der Waals surface area contributed by atoms with Crippen molar-refractivity contribution in [2.75, 3.05) is 11.1 Å². The van der Waals surface area contributed by atoms with Crippen LogP contribution in [0.3, 0.4) is 0 Å². The Morgan fingerprint density at radius 3 is 2.91 bits per heavy atom. The first-order valence-electron chi connectivity index (χ1n) is 6.61. The molecular formula is C15H13ClN4OS. The third-order valence-corrected chi connectivity index (χ3v) is 4.04. The Morgan fingerprint density at radius 1 is 1.36 bits per heavy atom. The summed E-state index contributed by atoms with van der Waals surface area (Å²) < 4.78 is 0. The van der Waals surface area contributed by atoms with Crippen LogP contribution in [0.15, 0.2) is 41.7 Å². The number of hydrogen-bond donors (Lipinski definition) is 2. The maximum absolute atomic E-state index is 11.9. The first-order chi connectivity index (χ1) is 10.6. The van der Waals surface area contributed by atoms with Gasteiger partial charge < -0.3 is 10.3 Å². The van der Waals surface area contributed by atoms with E-state index in [0.717, 1.165) is 16.8 Å². The zero-order chi connectivity index (χ0) is 15.5. The van der Waals surface area contributed by atoms with Crippen LogP contribution in [0.4, 0.5) is 5.69 Å². The highest BCUT2D eigenvalue weighted by atomic mass is 35.5. The van der Waals surface area contributed by atoms with Crippen LogP contribution in [-0.2, 0) is 4.79 Å². The van der Waals surface area contributed by atoms with Gasteiger partial charge in [0.1, 0.15) is 0 Å². The Balaban J connectivity index is 1.61. The second kappa shape index (κ2) is 6.37. The van der Waals surface area contributed by atoms with Crippen molar-refractivity contribution in [3.63, 3.8) is 0 Å². The molecule has 0 aliphatic rings. The molecule has 2 heterocycles. The molecule has 2 N–H and O–H groups in total. The van der Waals surface area contributed by atoms with E-state index in [1.165, 1.54) is 11.8 Å². The molecule has 0 atom stereocenters. The second-order valence-electron chi connectivity index (χ2n) is 4.77. The lowest BCUT2D eigenvalue weighted by atomic mass is 10.2. The third kappa shape index (κ3) is 3.58. The standard InChI is InChI=1S/C15H13ClN4OS/c1-9-2-4-11(5-3-9)18-13(21)8-22-15-19-12-6-10(16)7-17-14(12)20-15/h2-7H,8H2,1H3,(H,18,21)(H,17,19,20). The van der Waals surface area contributed by atoms with E-state index in [1.807, 2.05) is 31.2 Å². The van der Waals surface area contributed by atoms with Crippen molar-refractivity contribution in [1.82, 2.24) is 15.0 Å². The summed E-state index contributed by atoms with van der Waals surface area (Å²) in [6, 6.07) is 9.43. The number of nitrogens with zero attached hydrogens (tertiary/aromatic N) is 2. The van der Waals surface area contributed by atoms with Crippen molar-refractivity contribution in [3.05, 3.63) is 47.1 Å². The molecule has 0 aliphatic heterocycles. The van der Waals surface area contributed by atoms with Gasteiger partial charge in [0.2, 0.25) is 5.91 Å². The first kappa shape index (κ1) is 14.9. The maximum Gasteiger partial charge on any atom is 0.234 e. The number of halogens is 1. The summed E-state index contributed by atoms with van der Waals surface area (Å²) in [5, 5.41) is 4.03. The molecular weight excluding hydrogens is 320 g/mol. The molecule has 1 amide bonds. The Labute approximate surface area is 136 Å². The van der Waals surface area contributed by atoms with E-state index in [-0.39, 0.29) is 11.7 Å². The monoisotopic (exact) mass is 332 g/mol. The number of carbonyl (C=O) groups excluding carboxylic acids is 1. The largest absolute Gasteiger partial charge is 0.331 e. The smallest absolute Gasteiger partial charge is 0.234 e. The van der Waals surface area contributed by atoms with Gasteiger partial charge in [-0.15, -0.1) is 0 Å². The van der Waals surface area contributed by atoms with Crippen LogP contribution in [0.25, 0.3) is 11.2 Å². The Morgan fingerprint density at radius 2 is 2.14 bits per heavy atom. The van der Waals surface area contributed by atoms with Gasteiger partial charge in [-0.05, 0) is 25.1 Å². The third-order valence-electron chi connectivity index (χ3n) is 2.96. The minimum Gasteiger partial charge on any atom is -0.331 e. The number of nitrogens with one attached hydrogen (secondary N) is 2. The average molecular weight is 333 g/mol. The highest BCUT2D eigenvalue weighted by Crippen LogP contribution is 2.20. The van der Waals surface area contributed by atoms with E-state index in [9.17, 15) is 4.79 Å².